The Morgan fingerprint density at radius 1 is 1.16 bits per heavy atom. The molecule has 1 fully saturated rings. The fourth-order valence-corrected chi connectivity index (χ4v) is 4.21. The predicted octanol–water partition coefficient (Wildman–Crippen LogP) is 4.32. The van der Waals surface area contributed by atoms with Gasteiger partial charge in [0.2, 0.25) is 0 Å². The van der Waals surface area contributed by atoms with Gasteiger partial charge in [0, 0.05) is 36.6 Å². The van der Waals surface area contributed by atoms with Crippen molar-refractivity contribution in [1.82, 2.24) is 14.3 Å². The van der Waals surface area contributed by atoms with Gasteiger partial charge in [-0.15, -0.1) is 0 Å². The Labute approximate surface area is 189 Å². The first-order chi connectivity index (χ1) is 15.4. The summed E-state index contributed by atoms with van der Waals surface area (Å²) in [7, 11) is 1.54. The summed E-state index contributed by atoms with van der Waals surface area (Å²) in [5.41, 5.74) is 1.40. The Morgan fingerprint density at radius 3 is 2.56 bits per heavy atom. The van der Waals surface area contributed by atoms with E-state index in [0.717, 1.165) is 17.1 Å². The summed E-state index contributed by atoms with van der Waals surface area (Å²) in [6.07, 6.45) is 0.429. The predicted molar refractivity (Wildman–Crippen MR) is 118 cm³/mol. The van der Waals surface area contributed by atoms with Gasteiger partial charge in [-0.3, -0.25) is 4.79 Å². The minimum absolute atomic E-state index is 0.0161. The largest absolute Gasteiger partial charge is 0.493 e. The number of amides is 1. The molecule has 1 aliphatic rings. The molecule has 2 heterocycles. The molecule has 32 heavy (non-hydrogen) atoms. The molecule has 1 amide bonds. The lowest BCUT2D eigenvalue weighted by atomic mass is 10.1. The van der Waals surface area contributed by atoms with Gasteiger partial charge >= 0.3 is 0 Å². The van der Waals surface area contributed by atoms with Crippen LogP contribution in [-0.4, -0.2) is 52.6 Å². The Morgan fingerprint density at radius 2 is 1.88 bits per heavy atom. The molecule has 0 N–H and O–H groups in total. The van der Waals surface area contributed by atoms with E-state index in [2.05, 4.69) is 9.36 Å². The standard InChI is InChI=1S/C23H24FN3O4S/c1-14-12-27(13-15(2)30-14)22(28)17-6-9-19(29-3)20(11-17)31-23-25-21(26-32-23)10-16-4-7-18(24)8-5-16/h4-9,11,14-15H,10,12-13H2,1-3H3. The molecule has 0 saturated carbocycles. The smallest absolute Gasteiger partial charge is 0.298 e. The first-order valence-corrected chi connectivity index (χ1v) is 11.1. The molecule has 2 unspecified atom stereocenters. The molecule has 2 aromatic carbocycles. The van der Waals surface area contributed by atoms with Crippen LogP contribution in [0.4, 0.5) is 4.39 Å². The second kappa shape index (κ2) is 9.62. The lowest BCUT2D eigenvalue weighted by Gasteiger charge is -2.35. The van der Waals surface area contributed by atoms with Crippen LogP contribution >= 0.6 is 11.5 Å². The molecule has 1 aromatic heterocycles. The second-order valence-electron chi connectivity index (χ2n) is 7.71. The van der Waals surface area contributed by atoms with Crippen LogP contribution in [0.15, 0.2) is 42.5 Å². The third-order valence-electron chi connectivity index (χ3n) is 5.04. The van der Waals surface area contributed by atoms with Gasteiger partial charge in [0.1, 0.15) is 5.82 Å². The number of carbonyl (C=O) groups is 1. The van der Waals surface area contributed by atoms with Gasteiger partial charge in [-0.2, -0.15) is 9.36 Å². The highest BCUT2D eigenvalue weighted by Crippen LogP contribution is 2.34. The molecule has 0 radical (unpaired) electrons. The maximum absolute atomic E-state index is 13.1. The van der Waals surface area contributed by atoms with Crippen molar-refractivity contribution in [3.8, 4) is 16.7 Å². The lowest BCUT2D eigenvalue weighted by molar-refractivity contribution is -0.0586. The van der Waals surface area contributed by atoms with E-state index in [4.69, 9.17) is 14.2 Å². The topological polar surface area (TPSA) is 73.8 Å². The fraction of sp³-hybridized carbons (Fsp3) is 0.348. The van der Waals surface area contributed by atoms with Crippen LogP contribution in [0, 0.1) is 5.82 Å². The summed E-state index contributed by atoms with van der Waals surface area (Å²) in [6.45, 7) is 4.98. The average molecular weight is 458 g/mol. The summed E-state index contributed by atoms with van der Waals surface area (Å²) in [5.74, 6) is 1.07. The highest BCUT2D eigenvalue weighted by Gasteiger charge is 2.27. The molecule has 9 heteroatoms. The lowest BCUT2D eigenvalue weighted by Crippen LogP contribution is -2.48. The van der Waals surface area contributed by atoms with Crippen LogP contribution in [0.3, 0.4) is 0 Å². The van der Waals surface area contributed by atoms with Crippen molar-refractivity contribution >= 4 is 17.4 Å². The van der Waals surface area contributed by atoms with Crippen molar-refractivity contribution in [2.75, 3.05) is 20.2 Å². The van der Waals surface area contributed by atoms with Crippen LogP contribution in [0.5, 0.6) is 16.7 Å². The molecule has 3 aromatic rings. The van der Waals surface area contributed by atoms with Crippen LogP contribution in [0.25, 0.3) is 0 Å². The number of nitrogens with zero attached hydrogens (tertiary/aromatic N) is 3. The van der Waals surface area contributed by atoms with Gasteiger partial charge in [0.25, 0.3) is 11.1 Å². The number of aromatic nitrogens is 2. The maximum atomic E-state index is 13.1. The van der Waals surface area contributed by atoms with Gasteiger partial charge in [-0.1, -0.05) is 12.1 Å². The third-order valence-corrected chi connectivity index (χ3v) is 5.67. The normalized spacial score (nSPS) is 18.4. The van der Waals surface area contributed by atoms with Crippen LogP contribution in [0.2, 0.25) is 0 Å². The van der Waals surface area contributed by atoms with E-state index in [1.165, 1.54) is 19.2 Å². The van der Waals surface area contributed by atoms with Crippen molar-refractivity contribution < 1.29 is 23.4 Å². The number of methoxy groups -OCH3 is 1. The molecular weight excluding hydrogens is 433 g/mol. The van der Waals surface area contributed by atoms with E-state index in [0.29, 0.717) is 47.6 Å². The van der Waals surface area contributed by atoms with E-state index in [9.17, 15) is 9.18 Å². The zero-order valence-electron chi connectivity index (χ0n) is 18.1. The number of carbonyl (C=O) groups excluding carboxylic acids is 1. The highest BCUT2D eigenvalue weighted by molar-refractivity contribution is 7.07. The summed E-state index contributed by atoms with van der Waals surface area (Å²) < 4.78 is 34.5. The van der Waals surface area contributed by atoms with Gasteiger partial charge in [0.05, 0.1) is 19.3 Å². The maximum Gasteiger partial charge on any atom is 0.298 e. The molecule has 7 nitrogen and oxygen atoms in total. The molecule has 168 valence electrons. The molecule has 0 aliphatic carbocycles. The van der Waals surface area contributed by atoms with Crippen LogP contribution < -0.4 is 9.47 Å². The third kappa shape index (κ3) is 5.23. The Kier molecular flexibility index (Phi) is 6.66. The van der Waals surface area contributed by atoms with E-state index in [1.807, 2.05) is 13.8 Å². The molecule has 1 saturated heterocycles. The number of halogens is 1. The number of hydrogen-bond acceptors (Lipinski definition) is 7. The van der Waals surface area contributed by atoms with Crippen molar-refractivity contribution in [3.63, 3.8) is 0 Å². The zero-order valence-corrected chi connectivity index (χ0v) is 18.9. The molecule has 0 spiro atoms. The number of rotatable bonds is 6. The van der Waals surface area contributed by atoms with E-state index in [1.54, 1.807) is 35.2 Å². The Balaban J connectivity index is 1.50. The fourth-order valence-electron chi connectivity index (χ4n) is 3.65. The summed E-state index contributed by atoms with van der Waals surface area (Å²) >= 11 is 1.10. The monoisotopic (exact) mass is 457 g/mol. The molecule has 1 aliphatic heterocycles. The Bertz CT molecular complexity index is 1080. The van der Waals surface area contributed by atoms with Gasteiger partial charge in [-0.25, -0.2) is 4.39 Å². The number of hydrogen-bond donors (Lipinski definition) is 0. The Hall–Kier alpha value is -3.04. The minimum atomic E-state index is -0.286. The van der Waals surface area contributed by atoms with Crippen molar-refractivity contribution in [3.05, 3.63) is 65.2 Å². The zero-order chi connectivity index (χ0) is 22.7. The number of ether oxygens (including phenoxy) is 3. The van der Waals surface area contributed by atoms with Crippen LogP contribution in [-0.2, 0) is 11.2 Å². The SMILES string of the molecule is COc1ccc(C(=O)N2CC(C)OC(C)C2)cc1Oc1nc(Cc2ccc(F)cc2)ns1. The average Bonchev–Trinajstić information content (AvgIpc) is 3.21. The van der Waals surface area contributed by atoms with Crippen molar-refractivity contribution in [2.45, 2.75) is 32.5 Å². The molecule has 2 atom stereocenters. The van der Waals surface area contributed by atoms with Crippen molar-refractivity contribution in [2.24, 2.45) is 0 Å². The molecule has 4 rings (SSSR count). The number of benzene rings is 2. The van der Waals surface area contributed by atoms with Crippen molar-refractivity contribution in [1.29, 1.82) is 0 Å². The summed E-state index contributed by atoms with van der Waals surface area (Å²) in [5, 5.41) is 0.332. The molecule has 0 bridgehead atoms. The van der Waals surface area contributed by atoms with E-state index in [-0.39, 0.29) is 23.9 Å². The first kappa shape index (κ1) is 22.2. The minimum Gasteiger partial charge on any atom is -0.493 e. The summed E-state index contributed by atoms with van der Waals surface area (Å²) in [4.78, 5) is 19.2. The number of morpholine rings is 1. The second-order valence-corrected chi connectivity index (χ2v) is 8.43. The summed E-state index contributed by atoms with van der Waals surface area (Å²) in [6, 6.07) is 11.3. The highest BCUT2D eigenvalue weighted by atomic mass is 32.1. The quantitative estimate of drug-likeness (QED) is 0.549. The van der Waals surface area contributed by atoms with E-state index >= 15 is 0 Å². The van der Waals surface area contributed by atoms with E-state index < -0.39 is 0 Å². The van der Waals surface area contributed by atoms with Gasteiger partial charge in [-0.05, 0) is 49.7 Å². The van der Waals surface area contributed by atoms with Gasteiger partial charge in [0.15, 0.2) is 17.3 Å². The molecular formula is C23H24FN3O4S. The van der Waals surface area contributed by atoms with Gasteiger partial charge < -0.3 is 19.1 Å². The first-order valence-electron chi connectivity index (χ1n) is 10.3. The van der Waals surface area contributed by atoms with Crippen LogP contribution in [0.1, 0.15) is 35.6 Å².